The minimum absolute atomic E-state index is 0.615. The third kappa shape index (κ3) is 2.52. The molecular formula is C26H16N2O. The monoisotopic (exact) mass is 372 g/mol. The molecule has 4 aromatic carbocycles. The van der Waals surface area contributed by atoms with E-state index in [0.717, 1.165) is 38.6 Å². The molecule has 0 aliphatic heterocycles. The Hall–Kier alpha value is -3.98. The van der Waals surface area contributed by atoms with Crippen LogP contribution in [0.15, 0.2) is 101 Å². The lowest BCUT2D eigenvalue weighted by molar-refractivity contribution is 0.654. The summed E-state index contributed by atoms with van der Waals surface area (Å²) in [5, 5.41) is 4.35. The molecule has 0 saturated heterocycles. The molecule has 0 amide bonds. The topological polar surface area (TPSA) is 38.9 Å². The maximum Gasteiger partial charge on any atom is 0.231 e. The molecule has 0 spiro atoms. The summed E-state index contributed by atoms with van der Waals surface area (Å²) in [6, 6.07) is 32.8. The van der Waals surface area contributed by atoms with Gasteiger partial charge in [-0.1, -0.05) is 91.0 Å². The summed E-state index contributed by atoms with van der Waals surface area (Å²) in [5.41, 5.74) is 4.36. The van der Waals surface area contributed by atoms with E-state index in [-0.39, 0.29) is 0 Å². The molecule has 3 nitrogen and oxygen atoms in total. The Morgan fingerprint density at radius 3 is 2.03 bits per heavy atom. The first-order valence-corrected chi connectivity index (χ1v) is 9.61. The number of hydrogen-bond acceptors (Lipinski definition) is 3. The van der Waals surface area contributed by atoms with Gasteiger partial charge in [-0.2, -0.15) is 4.98 Å². The molecule has 0 unspecified atom stereocenters. The van der Waals surface area contributed by atoms with Crippen LogP contribution in [0.25, 0.3) is 55.5 Å². The number of aromatic nitrogens is 2. The van der Waals surface area contributed by atoms with Crippen LogP contribution in [0.4, 0.5) is 0 Å². The lowest BCUT2D eigenvalue weighted by atomic mass is 10.0. The number of benzene rings is 4. The fourth-order valence-electron chi connectivity index (χ4n) is 3.96. The van der Waals surface area contributed by atoms with Crippen LogP contribution in [-0.2, 0) is 0 Å². The molecule has 2 aromatic heterocycles. The normalized spacial score (nSPS) is 11.4. The average Bonchev–Trinajstić information content (AvgIpc) is 3.19. The summed E-state index contributed by atoms with van der Waals surface area (Å²) in [5.74, 6) is 0.667. The zero-order chi connectivity index (χ0) is 19.2. The van der Waals surface area contributed by atoms with E-state index >= 15 is 0 Å². The van der Waals surface area contributed by atoms with Crippen LogP contribution in [0, 0.1) is 0 Å². The first-order valence-electron chi connectivity index (χ1n) is 9.61. The van der Waals surface area contributed by atoms with Crippen LogP contribution in [-0.4, -0.2) is 9.97 Å². The van der Waals surface area contributed by atoms with Crippen molar-refractivity contribution in [2.24, 2.45) is 0 Å². The Kier molecular flexibility index (Phi) is 3.47. The highest BCUT2D eigenvalue weighted by molar-refractivity contribution is 6.21. The minimum atomic E-state index is 0.615. The highest BCUT2D eigenvalue weighted by Crippen LogP contribution is 2.39. The van der Waals surface area contributed by atoms with Crippen LogP contribution < -0.4 is 0 Å². The van der Waals surface area contributed by atoms with Gasteiger partial charge in [0, 0.05) is 16.5 Å². The van der Waals surface area contributed by atoms with Crippen LogP contribution in [0.2, 0.25) is 0 Å². The van der Waals surface area contributed by atoms with Gasteiger partial charge >= 0.3 is 0 Å². The van der Waals surface area contributed by atoms with E-state index in [2.05, 4.69) is 42.5 Å². The Morgan fingerprint density at radius 2 is 1.24 bits per heavy atom. The molecule has 29 heavy (non-hydrogen) atoms. The number of rotatable bonds is 2. The van der Waals surface area contributed by atoms with Crippen molar-refractivity contribution in [1.82, 2.24) is 9.97 Å². The van der Waals surface area contributed by atoms with Crippen LogP contribution in [0.1, 0.15) is 0 Å². The highest BCUT2D eigenvalue weighted by Gasteiger charge is 2.19. The Balaban J connectivity index is 1.80. The second kappa shape index (κ2) is 6.28. The van der Waals surface area contributed by atoms with Crippen molar-refractivity contribution in [3.05, 3.63) is 97.1 Å². The predicted octanol–water partition coefficient (Wildman–Crippen LogP) is 6.86. The van der Waals surface area contributed by atoms with Crippen molar-refractivity contribution < 1.29 is 4.42 Å². The van der Waals surface area contributed by atoms with Gasteiger partial charge in [-0.3, -0.25) is 0 Å². The zero-order valence-electron chi connectivity index (χ0n) is 15.5. The maximum atomic E-state index is 6.23. The largest absolute Gasteiger partial charge is 0.438 e. The van der Waals surface area contributed by atoms with Gasteiger partial charge in [0.15, 0.2) is 5.82 Å². The second-order valence-corrected chi connectivity index (χ2v) is 7.07. The van der Waals surface area contributed by atoms with Gasteiger partial charge in [-0.15, -0.1) is 0 Å². The second-order valence-electron chi connectivity index (χ2n) is 7.07. The lowest BCUT2D eigenvalue weighted by Crippen LogP contribution is -1.93. The summed E-state index contributed by atoms with van der Waals surface area (Å²) >= 11 is 0. The van der Waals surface area contributed by atoms with Gasteiger partial charge in [0.25, 0.3) is 0 Å². The van der Waals surface area contributed by atoms with Crippen LogP contribution in [0.3, 0.4) is 0 Å². The van der Waals surface area contributed by atoms with Crippen molar-refractivity contribution in [2.45, 2.75) is 0 Å². The number of furan rings is 1. The molecule has 0 fully saturated rings. The van der Waals surface area contributed by atoms with Gasteiger partial charge in [0.05, 0.1) is 11.1 Å². The predicted molar refractivity (Wildman–Crippen MR) is 118 cm³/mol. The third-order valence-corrected chi connectivity index (χ3v) is 5.30. The quantitative estimate of drug-likeness (QED) is 0.333. The molecule has 136 valence electrons. The first-order chi connectivity index (χ1) is 14.4. The average molecular weight is 372 g/mol. The van der Waals surface area contributed by atoms with Gasteiger partial charge in [-0.25, -0.2) is 4.98 Å². The van der Waals surface area contributed by atoms with E-state index in [4.69, 9.17) is 14.4 Å². The molecule has 3 heteroatoms. The Labute approximate surface area is 167 Å². The van der Waals surface area contributed by atoms with E-state index in [9.17, 15) is 0 Å². The smallest absolute Gasteiger partial charge is 0.231 e. The van der Waals surface area contributed by atoms with Gasteiger partial charge in [0.2, 0.25) is 5.71 Å². The molecule has 2 heterocycles. The SMILES string of the molecule is c1ccc(-c2nc(-c3ccccc3)c3c(n2)oc2ccc4ccccc4c23)cc1. The molecule has 0 bridgehead atoms. The number of hydrogen-bond donors (Lipinski definition) is 0. The summed E-state index contributed by atoms with van der Waals surface area (Å²) in [4.78, 5) is 9.80. The van der Waals surface area contributed by atoms with E-state index < -0.39 is 0 Å². The fourth-order valence-corrected chi connectivity index (χ4v) is 3.96. The van der Waals surface area contributed by atoms with Crippen LogP contribution >= 0.6 is 0 Å². The Bertz CT molecular complexity index is 1490. The number of fused-ring (bicyclic) bond motifs is 5. The summed E-state index contributed by atoms with van der Waals surface area (Å²) < 4.78 is 6.23. The van der Waals surface area contributed by atoms with Gasteiger partial charge in [0.1, 0.15) is 5.58 Å². The summed E-state index contributed by atoms with van der Waals surface area (Å²) in [7, 11) is 0. The van der Waals surface area contributed by atoms with E-state index in [0.29, 0.717) is 11.5 Å². The molecule has 0 atom stereocenters. The molecule has 0 saturated carbocycles. The minimum Gasteiger partial charge on any atom is -0.438 e. The molecule has 6 aromatic rings. The molecular weight excluding hydrogens is 356 g/mol. The Morgan fingerprint density at radius 1 is 0.552 bits per heavy atom. The molecule has 0 aliphatic rings. The highest BCUT2D eigenvalue weighted by atomic mass is 16.3. The van der Waals surface area contributed by atoms with E-state index in [1.54, 1.807) is 0 Å². The molecule has 6 rings (SSSR count). The molecule has 0 aliphatic carbocycles. The first kappa shape index (κ1) is 16.0. The zero-order valence-corrected chi connectivity index (χ0v) is 15.5. The maximum absolute atomic E-state index is 6.23. The van der Waals surface area contributed by atoms with Crippen molar-refractivity contribution in [3.63, 3.8) is 0 Å². The van der Waals surface area contributed by atoms with Crippen molar-refractivity contribution >= 4 is 32.8 Å². The van der Waals surface area contributed by atoms with Gasteiger partial charge in [-0.05, 0) is 16.8 Å². The van der Waals surface area contributed by atoms with Crippen molar-refractivity contribution in [1.29, 1.82) is 0 Å². The fraction of sp³-hybridized carbons (Fsp3) is 0. The number of nitrogens with zero attached hydrogens (tertiary/aromatic N) is 2. The molecule has 0 N–H and O–H groups in total. The van der Waals surface area contributed by atoms with Crippen molar-refractivity contribution in [2.75, 3.05) is 0 Å². The summed E-state index contributed by atoms with van der Waals surface area (Å²) in [6.07, 6.45) is 0. The van der Waals surface area contributed by atoms with Crippen LogP contribution in [0.5, 0.6) is 0 Å². The van der Waals surface area contributed by atoms with Crippen molar-refractivity contribution in [3.8, 4) is 22.6 Å². The summed E-state index contributed by atoms with van der Waals surface area (Å²) in [6.45, 7) is 0. The van der Waals surface area contributed by atoms with E-state index in [1.165, 1.54) is 5.39 Å². The molecule has 0 radical (unpaired) electrons. The van der Waals surface area contributed by atoms with Gasteiger partial charge < -0.3 is 4.42 Å². The van der Waals surface area contributed by atoms with E-state index in [1.807, 2.05) is 54.6 Å². The third-order valence-electron chi connectivity index (χ3n) is 5.30. The lowest BCUT2D eigenvalue weighted by Gasteiger charge is -2.07. The standard InChI is InChI=1S/C26H16N2O/c1-3-10-18(11-4-1)24-23-22-20-14-8-7-9-17(20)15-16-21(22)29-26(23)28-25(27-24)19-12-5-2-6-13-19/h1-16H.